The largest absolute Gasteiger partial charge is 0.361 e. The normalized spacial score (nSPS) is 21.7. The first-order valence-electron chi connectivity index (χ1n) is 6.18. The topological polar surface area (TPSA) is 62.7 Å². The molecule has 1 atom stereocenters. The maximum absolute atomic E-state index is 11.0. The van der Waals surface area contributed by atoms with Crippen LogP contribution in [0.5, 0.6) is 0 Å². The fourth-order valence-electron chi connectivity index (χ4n) is 1.42. The standard InChI is InChI=1S/C7H11NOS.C6H10N2O/c1-4(2)6-7(9)8-5(3)10-6;1-4(2)6-7-5(3)9-8-6/h4,6H,3H2,1-2H3,(H,8,9);4H,3H2,1-2H3,(H,7,8). The molecule has 5 nitrogen and oxygen atoms in total. The van der Waals surface area contributed by atoms with Crippen LogP contribution in [0.25, 0.3) is 0 Å². The molecular weight excluding hydrogens is 262 g/mol. The SMILES string of the molecule is C=C1N=C(C(C)C)NO1.C=C1NC(=O)C(C(C)C)S1. The average molecular weight is 283 g/mol. The molecule has 2 N–H and O–H groups in total. The number of amidine groups is 1. The van der Waals surface area contributed by atoms with E-state index in [1.165, 1.54) is 11.8 Å². The van der Waals surface area contributed by atoms with Gasteiger partial charge in [-0.1, -0.05) is 46.0 Å². The van der Waals surface area contributed by atoms with Crippen LogP contribution in [0, 0.1) is 11.8 Å². The summed E-state index contributed by atoms with van der Waals surface area (Å²) in [6, 6.07) is 0. The van der Waals surface area contributed by atoms with Crippen molar-refractivity contribution in [1.29, 1.82) is 0 Å². The number of thioether (sulfide) groups is 1. The van der Waals surface area contributed by atoms with Crippen LogP contribution in [0.15, 0.2) is 29.1 Å². The fraction of sp³-hybridized carbons (Fsp3) is 0.538. The molecule has 0 aromatic heterocycles. The molecule has 1 saturated heterocycles. The Bertz CT molecular complexity index is 416. The zero-order valence-corrected chi connectivity index (χ0v) is 12.6. The molecule has 1 amide bonds. The summed E-state index contributed by atoms with van der Waals surface area (Å²) in [5, 5.41) is 3.54. The molecule has 106 valence electrons. The Balaban J connectivity index is 0.000000191. The van der Waals surface area contributed by atoms with Crippen molar-refractivity contribution in [3.63, 3.8) is 0 Å². The monoisotopic (exact) mass is 283 g/mol. The average Bonchev–Trinajstić information content (AvgIpc) is 2.85. The summed E-state index contributed by atoms with van der Waals surface area (Å²) in [6.07, 6.45) is 0. The molecule has 2 aliphatic rings. The van der Waals surface area contributed by atoms with Gasteiger partial charge in [0.25, 0.3) is 0 Å². The molecule has 2 rings (SSSR count). The Kier molecular flexibility index (Phi) is 5.47. The van der Waals surface area contributed by atoms with Crippen molar-refractivity contribution in [3.8, 4) is 0 Å². The lowest BCUT2D eigenvalue weighted by atomic mass is 10.1. The van der Waals surface area contributed by atoms with E-state index in [1.54, 1.807) is 0 Å². The predicted octanol–water partition coefficient (Wildman–Crippen LogP) is 2.39. The molecule has 1 fully saturated rings. The smallest absolute Gasteiger partial charge is 0.240 e. The number of nitrogens with zero attached hydrogens (tertiary/aromatic N) is 1. The number of hydroxylamine groups is 1. The zero-order chi connectivity index (χ0) is 14.6. The third-order valence-corrected chi connectivity index (χ3v) is 3.86. The molecule has 1 unspecified atom stereocenters. The zero-order valence-electron chi connectivity index (χ0n) is 11.8. The highest BCUT2D eigenvalue weighted by atomic mass is 32.2. The first-order chi connectivity index (χ1) is 8.81. The van der Waals surface area contributed by atoms with E-state index in [0.717, 1.165) is 10.9 Å². The van der Waals surface area contributed by atoms with Gasteiger partial charge in [0.2, 0.25) is 11.8 Å². The third-order valence-electron chi connectivity index (χ3n) is 2.46. The number of hydrogen-bond donors (Lipinski definition) is 2. The molecule has 0 spiro atoms. The van der Waals surface area contributed by atoms with Crippen molar-refractivity contribution in [3.05, 3.63) is 24.1 Å². The molecule has 0 saturated carbocycles. The van der Waals surface area contributed by atoms with E-state index in [0.29, 0.717) is 17.7 Å². The highest BCUT2D eigenvalue weighted by Gasteiger charge is 2.29. The van der Waals surface area contributed by atoms with E-state index < -0.39 is 0 Å². The van der Waals surface area contributed by atoms with Gasteiger partial charge in [-0.2, -0.15) is 4.99 Å². The number of amides is 1. The van der Waals surface area contributed by atoms with Gasteiger partial charge >= 0.3 is 0 Å². The minimum Gasteiger partial charge on any atom is -0.361 e. The molecule has 0 aromatic carbocycles. The number of nitrogens with one attached hydrogen (secondary N) is 2. The first-order valence-corrected chi connectivity index (χ1v) is 7.06. The third kappa shape index (κ3) is 4.63. The van der Waals surface area contributed by atoms with Crippen LogP contribution in [-0.4, -0.2) is 17.0 Å². The predicted molar refractivity (Wildman–Crippen MR) is 79.1 cm³/mol. The van der Waals surface area contributed by atoms with E-state index in [1.807, 2.05) is 27.7 Å². The molecule has 2 heterocycles. The van der Waals surface area contributed by atoms with Crippen molar-refractivity contribution < 1.29 is 9.63 Å². The van der Waals surface area contributed by atoms with Gasteiger partial charge in [0.1, 0.15) is 5.84 Å². The van der Waals surface area contributed by atoms with Crippen molar-refractivity contribution in [2.24, 2.45) is 16.8 Å². The van der Waals surface area contributed by atoms with E-state index in [9.17, 15) is 4.79 Å². The highest BCUT2D eigenvalue weighted by Crippen LogP contribution is 2.30. The second kappa shape index (κ2) is 6.65. The lowest BCUT2D eigenvalue weighted by Crippen LogP contribution is -2.25. The van der Waals surface area contributed by atoms with E-state index in [-0.39, 0.29) is 11.2 Å². The van der Waals surface area contributed by atoms with Crippen LogP contribution >= 0.6 is 11.8 Å². The summed E-state index contributed by atoms with van der Waals surface area (Å²) >= 11 is 1.53. The van der Waals surface area contributed by atoms with Crippen molar-refractivity contribution >= 4 is 23.5 Å². The maximum Gasteiger partial charge on any atom is 0.240 e. The van der Waals surface area contributed by atoms with Crippen LogP contribution < -0.4 is 10.8 Å². The summed E-state index contributed by atoms with van der Waals surface area (Å²) in [4.78, 5) is 19.8. The van der Waals surface area contributed by atoms with Gasteiger partial charge in [-0.25, -0.2) is 5.48 Å². The van der Waals surface area contributed by atoms with Gasteiger partial charge in [0.15, 0.2) is 0 Å². The van der Waals surface area contributed by atoms with E-state index in [2.05, 4.69) is 28.9 Å². The maximum atomic E-state index is 11.0. The molecule has 0 bridgehead atoms. The minimum atomic E-state index is 0.0764. The van der Waals surface area contributed by atoms with E-state index >= 15 is 0 Å². The van der Waals surface area contributed by atoms with Crippen LogP contribution in [-0.2, 0) is 9.63 Å². The number of carbonyl (C=O) groups is 1. The molecular formula is C13H21N3O2S. The number of aliphatic imine (C=N–C) groups is 1. The Morgan fingerprint density at radius 1 is 1.32 bits per heavy atom. The highest BCUT2D eigenvalue weighted by molar-refractivity contribution is 8.04. The van der Waals surface area contributed by atoms with Gasteiger partial charge in [-0.15, -0.1) is 0 Å². The molecule has 0 aliphatic carbocycles. The van der Waals surface area contributed by atoms with Crippen LogP contribution in [0.4, 0.5) is 0 Å². The van der Waals surface area contributed by atoms with Crippen molar-refractivity contribution in [1.82, 2.24) is 10.8 Å². The first kappa shape index (κ1) is 15.6. The summed E-state index contributed by atoms with van der Waals surface area (Å²) in [5.74, 6) is 2.16. The van der Waals surface area contributed by atoms with Crippen LogP contribution in [0.2, 0.25) is 0 Å². The summed E-state index contributed by atoms with van der Waals surface area (Å²) in [6.45, 7) is 15.3. The van der Waals surface area contributed by atoms with Gasteiger partial charge < -0.3 is 10.2 Å². The molecule has 0 radical (unpaired) electrons. The summed E-state index contributed by atoms with van der Waals surface area (Å²) in [5.41, 5.74) is 2.66. The quantitative estimate of drug-likeness (QED) is 0.817. The number of rotatable bonds is 2. The van der Waals surface area contributed by atoms with Gasteiger partial charge in [0, 0.05) is 5.92 Å². The second-order valence-electron chi connectivity index (χ2n) is 4.94. The Hall–Kier alpha value is -1.43. The summed E-state index contributed by atoms with van der Waals surface area (Å²) in [7, 11) is 0. The molecule has 2 aliphatic heterocycles. The molecule has 0 aromatic rings. The van der Waals surface area contributed by atoms with Crippen LogP contribution in [0.1, 0.15) is 27.7 Å². The lowest BCUT2D eigenvalue weighted by molar-refractivity contribution is -0.119. The molecule has 19 heavy (non-hydrogen) atoms. The Morgan fingerprint density at radius 2 is 1.95 bits per heavy atom. The van der Waals surface area contributed by atoms with Gasteiger partial charge in [0.05, 0.1) is 10.3 Å². The molecule has 6 heteroatoms. The Labute approximate surface area is 118 Å². The van der Waals surface area contributed by atoms with Gasteiger partial charge in [-0.3, -0.25) is 4.79 Å². The fourth-order valence-corrected chi connectivity index (χ4v) is 2.33. The minimum absolute atomic E-state index is 0.0764. The number of carbonyl (C=O) groups excluding carboxylic acids is 1. The van der Waals surface area contributed by atoms with Crippen molar-refractivity contribution in [2.75, 3.05) is 0 Å². The summed E-state index contributed by atoms with van der Waals surface area (Å²) < 4.78 is 0. The van der Waals surface area contributed by atoms with E-state index in [4.69, 9.17) is 4.84 Å². The lowest BCUT2D eigenvalue weighted by Gasteiger charge is -2.07. The second-order valence-corrected chi connectivity index (χ2v) is 6.18. The Morgan fingerprint density at radius 3 is 2.16 bits per heavy atom. The van der Waals surface area contributed by atoms with Crippen molar-refractivity contribution in [2.45, 2.75) is 32.9 Å². The number of hydrogen-bond acceptors (Lipinski definition) is 5. The van der Waals surface area contributed by atoms with Crippen LogP contribution in [0.3, 0.4) is 0 Å². The van der Waals surface area contributed by atoms with Gasteiger partial charge in [-0.05, 0) is 12.5 Å².